The van der Waals surface area contributed by atoms with E-state index in [9.17, 15) is 19.8 Å². The highest BCUT2D eigenvalue weighted by atomic mass is 16.5. The molecule has 0 aromatic rings. The fourth-order valence-electron chi connectivity index (χ4n) is 4.81. The van der Waals surface area contributed by atoms with Gasteiger partial charge in [-0.05, 0) is 65.1 Å². The number of aliphatic hydroxyl groups excluding tert-OH is 2. The smallest absolute Gasteiger partial charge is 0.312 e. The lowest BCUT2D eigenvalue weighted by Crippen LogP contribution is -2.45. The molecule has 8 heteroatoms. The van der Waals surface area contributed by atoms with Crippen molar-refractivity contribution >= 4 is 11.9 Å². The molecule has 2 atom stereocenters. The van der Waals surface area contributed by atoms with Gasteiger partial charge in [0.1, 0.15) is 12.7 Å². The standard InChI is InChI=1S/C22H38N2O6/c1-23-12-8-22(9-13-23)7-2-3-10-24(20(27)17-5-14-29-15-6-17)11-4-18(25)19(26)16-30-21(22)28/h17-19,25-26H,2-16H2,1H3/t18-,19+/m0/s1. The molecule has 0 aromatic carbocycles. The molecule has 8 nitrogen and oxygen atoms in total. The average Bonchev–Trinajstić information content (AvgIpc) is 2.78. The highest BCUT2D eigenvalue weighted by molar-refractivity contribution is 5.79. The number of carbonyl (C=O) groups excluding carboxylic acids is 2. The number of ether oxygens (including phenoxy) is 2. The highest BCUT2D eigenvalue weighted by Crippen LogP contribution is 2.38. The van der Waals surface area contributed by atoms with Crippen molar-refractivity contribution in [2.75, 3.05) is 53.0 Å². The van der Waals surface area contributed by atoms with Gasteiger partial charge in [0.25, 0.3) is 0 Å². The normalized spacial score (nSPS) is 30.8. The van der Waals surface area contributed by atoms with E-state index in [2.05, 4.69) is 11.9 Å². The second-order valence-electron chi connectivity index (χ2n) is 9.27. The summed E-state index contributed by atoms with van der Waals surface area (Å²) in [7, 11) is 2.05. The van der Waals surface area contributed by atoms with E-state index >= 15 is 0 Å². The molecule has 3 fully saturated rings. The van der Waals surface area contributed by atoms with Crippen molar-refractivity contribution in [3.8, 4) is 0 Å². The van der Waals surface area contributed by atoms with Gasteiger partial charge in [-0.1, -0.05) is 6.42 Å². The van der Waals surface area contributed by atoms with Crippen LogP contribution in [0.1, 0.15) is 51.4 Å². The third-order valence-corrected chi connectivity index (χ3v) is 7.12. The largest absolute Gasteiger partial charge is 0.462 e. The summed E-state index contributed by atoms with van der Waals surface area (Å²) in [6, 6.07) is 0. The van der Waals surface area contributed by atoms with E-state index in [-0.39, 0.29) is 30.8 Å². The van der Waals surface area contributed by atoms with Gasteiger partial charge < -0.3 is 29.5 Å². The molecule has 0 saturated carbocycles. The van der Waals surface area contributed by atoms with Crippen molar-refractivity contribution in [2.45, 2.75) is 63.6 Å². The van der Waals surface area contributed by atoms with Crippen LogP contribution in [0, 0.1) is 11.3 Å². The quantitative estimate of drug-likeness (QED) is 0.598. The Bertz CT molecular complexity index is 572. The molecule has 0 bridgehead atoms. The summed E-state index contributed by atoms with van der Waals surface area (Å²) in [5.41, 5.74) is -0.527. The Balaban J connectivity index is 1.68. The minimum Gasteiger partial charge on any atom is -0.462 e. The number of amides is 1. The van der Waals surface area contributed by atoms with E-state index < -0.39 is 17.6 Å². The first-order valence-corrected chi connectivity index (χ1v) is 11.5. The lowest BCUT2D eigenvalue weighted by Gasteiger charge is -2.39. The summed E-state index contributed by atoms with van der Waals surface area (Å²) in [5.74, 6) is -0.158. The molecule has 3 aliphatic heterocycles. The first-order chi connectivity index (χ1) is 14.4. The fourth-order valence-corrected chi connectivity index (χ4v) is 4.81. The molecule has 3 saturated heterocycles. The van der Waals surface area contributed by atoms with Gasteiger partial charge in [-0.3, -0.25) is 9.59 Å². The van der Waals surface area contributed by atoms with Gasteiger partial charge in [0, 0.05) is 32.2 Å². The number of aliphatic hydroxyl groups is 2. The Morgan fingerprint density at radius 2 is 1.67 bits per heavy atom. The van der Waals surface area contributed by atoms with E-state index in [0.717, 1.165) is 58.0 Å². The van der Waals surface area contributed by atoms with Crippen molar-refractivity contribution in [3.63, 3.8) is 0 Å². The monoisotopic (exact) mass is 426 g/mol. The Hall–Kier alpha value is -1.22. The first kappa shape index (κ1) is 23.4. The van der Waals surface area contributed by atoms with Crippen LogP contribution < -0.4 is 0 Å². The Labute approximate surface area is 179 Å². The zero-order valence-corrected chi connectivity index (χ0v) is 18.3. The van der Waals surface area contributed by atoms with Crippen molar-refractivity contribution in [1.29, 1.82) is 0 Å². The number of rotatable bonds is 1. The SMILES string of the molecule is CN1CCC2(CCCCN(C(=O)C3CCOCC3)CC[C@H](O)[C@H](O)COC2=O)CC1. The molecule has 3 aliphatic rings. The first-order valence-electron chi connectivity index (χ1n) is 11.5. The van der Waals surface area contributed by atoms with Gasteiger partial charge >= 0.3 is 5.97 Å². The topological polar surface area (TPSA) is 99.5 Å². The minimum atomic E-state index is -1.14. The molecule has 3 rings (SSSR count). The zero-order valence-electron chi connectivity index (χ0n) is 18.3. The number of hydrogen-bond donors (Lipinski definition) is 2. The second kappa shape index (κ2) is 10.9. The van der Waals surface area contributed by atoms with Gasteiger partial charge in [0.15, 0.2) is 0 Å². The van der Waals surface area contributed by atoms with Crippen molar-refractivity contribution < 1.29 is 29.3 Å². The van der Waals surface area contributed by atoms with Crippen LogP contribution >= 0.6 is 0 Å². The Morgan fingerprint density at radius 3 is 2.37 bits per heavy atom. The number of nitrogens with zero attached hydrogens (tertiary/aromatic N) is 2. The van der Waals surface area contributed by atoms with Gasteiger partial charge in [0.2, 0.25) is 5.91 Å². The van der Waals surface area contributed by atoms with Crippen molar-refractivity contribution in [2.24, 2.45) is 11.3 Å². The lowest BCUT2D eigenvalue weighted by molar-refractivity contribution is -0.164. The molecule has 0 unspecified atom stereocenters. The summed E-state index contributed by atoms with van der Waals surface area (Å²) in [6.07, 6.45) is 3.45. The molecule has 1 amide bonds. The molecule has 0 aliphatic carbocycles. The number of cyclic esters (lactones) is 1. The number of hydrogen-bond acceptors (Lipinski definition) is 7. The van der Waals surface area contributed by atoms with Gasteiger partial charge in [-0.15, -0.1) is 0 Å². The number of esters is 1. The van der Waals surface area contributed by atoms with Crippen molar-refractivity contribution in [1.82, 2.24) is 9.80 Å². The highest BCUT2D eigenvalue weighted by Gasteiger charge is 2.42. The minimum absolute atomic E-state index is 0.0263. The molecular weight excluding hydrogens is 388 g/mol. The van der Waals surface area contributed by atoms with Crippen LogP contribution in [0.2, 0.25) is 0 Å². The van der Waals surface area contributed by atoms with Gasteiger partial charge in [-0.2, -0.15) is 0 Å². The molecule has 172 valence electrons. The third kappa shape index (κ3) is 5.93. The van der Waals surface area contributed by atoms with E-state index in [1.165, 1.54) is 0 Å². The predicted octanol–water partition coefficient (Wildman–Crippen LogP) is 0.793. The maximum atomic E-state index is 13.1. The average molecular weight is 427 g/mol. The zero-order chi connectivity index (χ0) is 21.6. The number of piperidine rings is 1. The Morgan fingerprint density at radius 1 is 0.967 bits per heavy atom. The van der Waals surface area contributed by atoms with E-state index in [0.29, 0.717) is 26.3 Å². The van der Waals surface area contributed by atoms with Gasteiger partial charge in [0.05, 0.1) is 11.5 Å². The van der Waals surface area contributed by atoms with E-state index in [1.807, 2.05) is 4.90 Å². The maximum absolute atomic E-state index is 13.1. The van der Waals surface area contributed by atoms with Crippen LogP contribution in [0.15, 0.2) is 0 Å². The fraction of sp³-hybridized carbons (Fsp3) is 0.909. The molecule has 30 heavy (non-hydrogen) atoms. The summed E-state index contributed by atoms with van der Waals surface area (Å²) < 4.78 is 10.9. The molecule has 0 aromatic heterocycles. The summed E-state index contributed by atoms with van der Waals surface area (Å²) in [5, 5.41) is 20.7. The van der Waals surface area contributed by atoms with Crippen LogP contribution in [0.5, 0.6) is 0 Å². The summed E-state index contributed by atoms with van der Waals surface area (Å²) in [4.78, 5) is 30.0. The Kier molecular flexibility index (Phi) is 8.51. The maximum Gasteiger partial charge on any atom is 0.312 e. The van der Waals surface area contributed by atoms with Crippen LogP contribution in [0.25, 0.3) is 0 Å². The molecule has 2 N–H and O–H groups in total. The number of likely N-dealkylation sites (tertiary alicyclic amines) is 1. The molecule has 1 spiro atoms. The second-order valence-corrected chi connectivity index (χ2v) is 9.27. The molecule has 3 heterocycles. The van der Waals surface area contributed by atoms with Crippen LogP contribution in [0.4, 0.5) is 0 Å². The van der Waals surface area contributed by atoms with E-state index in [4.69, 9.17) is 9.47 Å². The lowest BCUT2D eigenvalue weighted by atomic mass is 9.74. The third-order valence-electron chi connectivity index (χ3n) is 7.12. The van der Waals surface area contributed by atoms with Gasteiger partial charge in [-0.25, -0.2) is 0 Å². The van der Waals surface area contributed by atoms with Crippen LogP contribution in [-0.2, 0) is 19.1 Å². The van der Waals surface area contributed by atoms with E-state index in [1.54, 1.807) is 0 Å². The van der Waals surface area contributed by atoms with Crippen molar-refractivity contribution in [3.05, 3.63) is 0 Å². The number of carbonyl (C=O) groups is 2. The predicted molar refractivity (Wildman–Crippen MR) is 111 cm³/mol. The summed E-state index contributed by atoms with van der Waals surface area (Å²) in [6.45, 7) is 3.72. The summed E-state index contributed by atoms with van der Waals surface area (Å²) >= 11 is 0. The molecular formula is C22H38N2O6. The van der Waals surface area contributed by atoms with Crippen LogP contribution in [-0.4, -0.2) is 97.1 Å². The molecule has 0 radical (unpaired) electrons. The van der Waals surface area contributed by atoms with Crippen LogP contribution in [0.3, 0.4) is 0 Å².